The van der Waals surface area contributed by atoms with Crippen LogP contribution < -0.4 is 10.6 Å². The van der Waals surface area contributed by atoms with E-state index in [1.807, 2.05) is 18.2 Å². The Morgan fingerprint density at radius 3 is 2.61 bits per heavy atom. The quantitative estimate of drug-likeness (QED) is 0.723. The average molecular weight is 309 g/mol. The smallest absolute Gasteiger partial charge is 0.254 e. The summed E-state index contributed by atoms with van der Waals surface area (Å²) in [5, 5.41) is 5.79. The van der Waals surface area contributed by atoms with E-state index < -0.39 is 0 Å². The van der Waals surface area contributed by atoms with Crippen molar-refractivity contribution < 1.29 is 9.21 Å². The normalized spacial score (nSPS) is 10.3. The minimum Gasteiger partial charge on any atom is -0.467 e. The molecule has 0 radical (unpaired) electrons. The molecule has 0 aliphatic carbocycles. The maximum absolute atomic E-state index is 12.0. The molecular weight excluding hydrogens is 294 g/mol. The van der Waals surface area contributed by atoms with Gasteiger partial charge in [-0.2, -0.15) is 0 Å². The number of carbonyl (C=O) groups excluding carboxylic acids is 1. The van der Waals surface area contributed by atoms with Crippen molar-refractivity contribution in [1.29, 1.82) is 0 Å². The van der Waals surface area contributed by atoms with Crippen LogP contribution >= 0.6 is 0 Å². The van der Waals surface area contributed by atoms with Crippen LogP contribution in [0.2, 0.25) is 0 Å². The van der Waals surface area contributed by atoms with Gasteiger partial charge in [0, 0.05) is 18.6 Å². The van der Waals surface area contributed by atoms with Crippen LogP contribution in [0.3, 0.4) is 0 Å². The Balaban J connectivity index is 1.53. The molecule has 0 saturated heterocycles. The van der Waals surface area contributed by atoms with Crippen LogP contribution in [0, 0.1) is 0 Å². The fourth-order valence-corrected chi connectivity index (χ4v) is 1.89. The van der Waals surface area contributed by atoms with E-state index >= 15 is 0 Å². The summed E-state index contributed by atoms with van der Waals surface area (Å²) in [5.41, 5.74) is 1.27. The lowest BCUT2D eigenvalue weighted by Gasteiger charge is -2.05. The predicted octanol–water partition coefficient (Wildman–Crippen LogP) is 2.01. The molecule has 2 N–H and O–H groups in total. The summed E-state index contributed by atoms with van der Waals surface area (Å²) in [7, 11) is 0. The van der Waals surface area contributed by atoms with Crippen LogP contribution in [0.15, 0.2) is 59.6 Å². The monoisotopic (exact) mass is 309 g/mol. The van der Waals surface area contributed by atoms with Gasteiger partial charge in [0.05, 0.1) is 30.6 Å². The first kappa shape index (κ1) is 14.7. The van der Waals surface area contributed by atoms with Gasteiger partial charge in [-0.1, -0.05) is 6.07 Å². The minimum absolute atomic E-state index is 0.252. The Labute approximate surface area is 132 Å². The fourth-order valence-electron chi connectivity index (χ4n) is 1.89. The van der Waals surface area contributed by atoms with E-state index in [1.54, 1.807) is 24.6 Å². The highest BCUT2D eigenvalue weighted by Crippen LogP contribution is 2.04. The molecular formula is C16H15N5O2. The molecule has 3 heterocycles. The number of rotatable bonds is 6. The highest BCUT2D eigenvalue weighted by atomic mass is 16.3. The first-order chi connectivity index (χ1) is 11.3. The second-order valence-corrected chi connectivity index (χ2v) is 4.73. The molecule has 23 heavy (non-hydrogen) atoms. The van der Waals surface area contributed by atoms with Crippen LogP contribution in [0.25, 0.3) is 0 Å². The summed E-state index contributed by atoms with van der Waals surface area (Å²) < 4.78 is 5.15. The van der Waals surface area contributed by atoms with Crippen molar-refractivity contribution in [3.05, 3.63) is 72.2 Å². The van der Waals surface area contributed by atoms with Crippen LogP contribution in [0.5, 0.6) is 0 Å². The fraction of sp³-hybridized carbons (Fsp3) is 0.125. The molecule has 0 aliphatic rings. The highest BCUT2D eigenvalue weighted by Gasteiger charge is 2.07. The first-order valence-corrected chi connectivity index (χ1v) is 7.07. The summed E-state index contributed by atoms with van der Waals surface area (Å²) >= 11 is 0. The van der Waals surface area contributed by atoms with Gasteiger partial charge in [0.25, 0.3) is 5.91 Å². The topological polar surface area (TPSA) is 92.9 Å². The van der Waals surface area contributed by atoms with E-state index in [0.29, 0.717) is 30.4 Å². The lowest BCUT2D eigenvalue weighted by molar-refractivity contribution is 0.0947. The van der Waals surface area contributed by atoms with Gasteiger partial charge in [-0.3, -0.25) is 9.78 Å². The number of pyridine rings is 1. The van der Waals surface area contributed by atoms with Gasteiger partial charge < -0.3 is 15.1 Å². The SMILES string of the molecule is O=C(NCc1ccco1)c1cnc(NCc2ccccn2)nc1. The molecule has 0 saturated carbocycles. The molecule has 3 aromatic rings. The maximum Gasteiger partial charge on any atom is 0.254 e. The van der Waals surface area contributed by atoms with Gasteiger partial charge in [-0.05, 0) is 24.3 Å². The summed E-state index contributed by atoms with van der Waals surface area (Å²) in [5.74, 6) is 0.879. The van der Waals surface area contributed by atoms with Gasteiger partial charge in [0.2, 0.25) is 5.95 Å². The van der Waals surface area contributed by atoms with Crippen LogP contribution in [-0.2, 0) is 13.1 Å². The van der Waals surface area contributed by atoms with Crippen LogP contribution in [-0.4, -0.2) is 20.9 Å². The highest BCUT2D eigenvalue weighted by molar-refractivity contribution is 5.93. The molecule has 3 rings (SSSR count). The zero-order valence-electron chi connectivity index (χ0n) is 12.3. The Morgan fingerprint density at radius 2 is 1.91 bits per heavy atom. The third-order valence-electron chi connectivity index (χ3n) is 3.07. The lowest BCUT2D eigenvalue weighted by atomic mass is 10.3. The Kier molecular flexibility index (Phi) is 4.58. The average Bonchev–Trinajstić information content (AvgIpc) is 3.13. The third kappa shape index (κ3) is 4.13. The van der Waals surface area contributed by atoms with Crippen molar-refractivity contribution in [2.75, 3.05) is 5.32 Å². The number of aromatic nitrogens is 3. The van der Waals surface area contributed by atoms with Crippen LogP contribution in [0.4, 0.5) is 5.95 Å². The van der Waals surface area contributed by atoms with E-state index in [4.69, 9.17) is 4.42 Å². The largest absolute Gasteiger partial charge is 0.467 e. The Bertz CT molecular complexity index is 742. The molecule has 7 nitrogen and oxygen atoms in total. The zero-order valence-corrected chi connectivity index (χ0v) is 12.3. The summed E-state index contributed by atoms with van der Waals surface area (Å²) in [4.78, 5) is 24.4. The van der Waals surface area contributed by atoms with Gasteiger partial charge in [-0.15, -0.1) is 0 Å². The van der Waals surface area contributed by atoms with E-state index in [1.165, 1.54) is 12.4 Å². The number of anilines is 1. The van der Waals surface area contributed by atoms with Crippen molar-refractivity contribution in [1.82, 2.24) is 20.3 Å². The van der Waals surface area contributed by atoms with Crippen molar-refractivity contribution in [3.8, 4) is 0 Å². The Hall–Kier alpha value is -3.22. The maximum atomic E-state index is 12.0. The Morgan fingerprint density at radius 1 is 1.04 bits per heavy atom. The van der Waals surface area contributed by atoms with Gasteiger partial charge >= 0.3 is 0 Å². The number of carbonyl (C=O) groups is 1. The molecule has 0 unspecified atom stereocenters. The number of hydrogen-bond donors (Lipinski definition) is 2. The van der Waals surface area contributed by atoms with E-state index in [2.05, 4.69) is 25.6 Å². The molecule has 0 aromatic carbocycles. The third-order valence-corrected chi connectivity index (χ3v) is 3.07. The summed E-state index contributed by atoms with van der Waals surface area (Å²) in [6, 6.07) is 9.24. The van der Waals surface area contributed by atoms with E-state index in [-0.39, 0.29) is 5.91 Å². The molecule has 0 fully saturated rings. The predicted molar refractivity (Wildman–Crippen MR) is 83.5 cm³/mol. The molecule has 116 valence electrons. The molecule has 7 heteroatoms. The van der Waals surface area contributed by atoms with Crippen molar-refractivity contribution in [3.63, 3.8) is 0 Å². The number of furan rings is 1. The number of nitrogens with one attached hydrogen (secondary N) is 2. The van der Waals surface area contributed by atoms with Crippen molar-refractivity contribution in [2.24, 2.45) is 0 Å². The number of amides is 1. The summed E-state index contributed by atoms with van der Waals surface area (Å²) in [6.45, 7) is 0.844. The lowest BCUT2D eigenvalue weighted by Crippen LogP contribution is -2.23. The van der Waals surface area contributed by atoms with E-state index in [9.17, 15) is 4.79 Å². The zero-order chi connectivity index (χ0) is 15.9. The van der Waals surface area contributed by atoms with Crippen molar-refractivity contribution in [2.45, 2.75) is 13.1 Å². The molecule has 0 spiro atoms. The number of nitrogens with zero attached hydrogens (tertiary/aromatic N) is 3. The van der Waals surface area contributed by atoms with Gasteiger partial charge in [-0.25, -0.2) is 9.97 Å². The molecule has 0 atom stereocenters. The van der Waals surface area contributed by atoms with E-state index in [0.717, 1.165) is 5.69 Å². The minimum atomic E-state index is -0.252. The summed E-state index contributed by atoms with van der Waals surface area (Å²) in [6.07, 6.45) is 6.24. The van der Waals surface area contributed by atoms with Crippen molar-refractivity contribution >= 4 is 11.9 Å². The van der Waals surface area contributed by atoms with Gasteiger partial charge in [0.15, 0.2) is 0 Å². The second-order valence-electron chi connectivity index (χ2n) is 4.73. The molecule has 1 amide bonds. The second kappa shape index (κ2) is 7.17. The number of hydrogen-bond acceptors (Lipinski definition) is 6. The molecule has 0 aliphatic heterocycles. The van der Waals surface area contributed by atoms with Gasteiger partial charge in [0.1, 0.15) is 5.76 Å². The molecule has 3 aromatic heterocycles. The first-order valence-electron chi connectivity index (χ1n) is 7.07. The van der Waals surface area contributed by atoms with Crippen LogP contribution in [0.1, 0.15) is 21.8 Å². The molecule has 0 bridgehead atoms. The standard InChI is InChI=1S/C16H15N5O2/c22-15(18-11-14-5-3-7-23-14)12-8-19-16(20-9-12)21-10-13-4-1-2-6-17-13/h1-9H,10-11H2,(H,18,22)(H,19,20,21).